The van der Waals surface area contributed by atoms with Crippen LogP contribution in [0.3, 0.4) is 0 Å². The van der Waals surface area contributed by atoms with E-state index in [1.54, 1.807) is 9.36 Å². The molecule has 0 atom stereocenters. The van der Waals surface area contributed by atoms with E-state index in [0.29, 0.717) is 19.6 Å². The van der Waals surface area contributed by atoms with Gasteiger partial charge in [-0.1, -0.05) is 76.9 Å². The minimum atomic E-state index is -0.157. The van der Waals surface area contributed by atoms with Crippen molar-refractivity contribution in [2.24, 2.45) is 0 Å². The van der Waals surface area contributed by atoms with Crippen molar-refractivity contribution in [2.45, 2.75) is 90.8 Å². The van der Waals surface area contributed by atoms with Crippen LogP contribution in [0, 0.1) is 0 Å². The molecule has 2 rings (SSSR count). The highest BCUT2D eigenvalue weighted by molar-refractivity contribution is 4.90. The Morgan fingerprint density at radius 2 is 1.17 bits per heavy atom. The normalized spacial score (nSPS) is 13.4. The Kier molecular flexibility index (Phi) is 7.43. The van der Waals surface area contributed by atoms with Crippen molar-refractivity contribution >= 4 is 0 Å². The predicted molar refractivity (Wildman–Crippen MR) is 93.9 cm³/mol. The second kappa shape index (κ2) is 9.58. The molecule has 1 aromatic heterocycles. The Morgan fingerprint density at radius 3 is 1.65 bits per heavy atom. The predicted octanol–water partition coefficient (Wildman–Crippen LogP) is 3.30. The third-order valence-electron chi connectivity index (χ3n) is 4.65. The molecule has 130 valence electrons. The molecule has 23 heavy (non-hydrogen) atoms. The van der Waals surface area contributed by atoms with E-state index < -0.39 is 0 Å². The molecule has 0 aliphatic carbocycles. The highest BCUT2D eigenvalue weighted by Gasteiger charge is 2.15. The standard InChI is InChI=1S/C18H31N3O2/c1-2-3-4-5-6-7-8-9-10-11-14-19-17(22)20-15-12-13-16-21(20)18(19)23/h12-13H,2-11,14-16H2,1H3. The first-order chi connectivity index (χ1) is 11.3. The molecule has 0 amide bonds. The van der Waals surface area contributed by atoms with E-state index in [9.17, 15) is 9.59 Å². The summed E-state index contributed by atoms with van der Waals surface area (Å²) in [5.74, 6) is 0. The van der Waals surface area contributed by atoms with E-state index in [-0.39, 0.29) is 11.4 Å². The van der Waals surface area contributed by atoms with Gasteiger partial charge in [0.2, 0.25) is 0 Å². The van der Waals surface area contributed by atoms with Gasteiger partial charge >= 0.3 is 11.4 Å². The molecule has 0 spiro atoms. The fourth-order valence-electron chi connectivity index (χ4n) is 3.22. The maximum absolute atomic E-state index is 12.2. The summed E-state index contributed by atoms with van der Waals surface area (Å²) in [5, 5.41) is 0. The number of unbranched alkanes of at least 4 members (excludes halogenated alkanes) is 9. The van der Waals surface area contributed by atoms with Crippen molar-refractivity contribution in [3.8, 4) is 0 Å². The number of nitrogens with zero attached hydrogens (tertiary/aromatic N) is 3. The first-order valence-electron chi connectivity index (χ1n) is 9.31. The van der Waals surface area contributed by atoms with Crippen LogP contribution < -0.4 is 11.4 Å². The van der Waals surface area contributed by atoms with Crippen molar-refractivity contribution in [1.82, 2.24) is 13.9 Å². The van der Waals surface area contributed by atoms with Crippen molar-refractivity contribution in [3.05, 3.63) is 33.1 Å². The van der Waals surface area contributed by atoms with Crippen LogP contribution >= 0.6 is 0 Å². The molecule has 0 aromatic carbocycles. The maximum atomic E-state index is 12.2. The van der Waals surface area contributed by atoms with Crippen LogP contribution in [0.15, 0.2) is 21.7 Å². The Labute approximate surface area is 138 Å². The van der Waals surface area contributed by atoms with Gasteiger partial charge < -0.3 is 0 Å². The van der Waals surface area contributed by atoms with Crippen molar-refractivity contribution in [2.75, 3.05) is 0 Å². The van der Waals surface area contributed by atoms with E-state index in [1.807, 2.05) is 12.2 Å². The van der Waals surface area contributed by atoms with Gasteiger partial charge in [0.1, 0.15) is 0 Å². The molecule has 1 aromatic rings. The van der Waals surface area contributed by atoms with Gasteiger partial charge in [-0.2, -0.15) is 0 Å². The van der Waals surface area contributed by atoms with Crippen LogP contribution in [-0.2, 0) is 19.6 Å². The number of aromatic nitrogens is 3. The molecule has 2 heterocycles. The van der Waals surface area contributed by atoms with E-state index in [4.69, 9.17) is 0 Å². The Morgan fingerprint density at radius 1 is 0.739 bits per heavy atom. The van der Waals surface area contributed by atoms with Gasteiger partial charge in [-0.3, -0.25) is 0 Å². The summed E-state index contributed by atoms with van der Waals surface area (Å²) in [4.78, 5) is 24.4. The van der Waals surface area contributed by atoms with Gasteiger partial charge in [0.15, 0.2) is 0 Å². The minimum absolute atomic E-state index is 0.157. The molecule has 0 saturated carbocycles. The SMILES string of the molecule is CCCCCCCCCCCCn1c(=O)n2n(c1=O)CC=CC2. The maximum Gasteiger partial charge on any atom is 0.347 e. The summed E-state index contributed by atoms with van der Waals surface area (Å²) < 4.78 is 4.48. The van der Waals surface area contributed by atoms with Gasteiger partial charge in [0.05, 0.1) is 13.1 Å². The molecule has 5 heteroatoms. The Balaban J connectivity index is 1.63. The van der Waals surface area contributed by atoms with Crippen LogP contribution in [0.1, 0.15) is 71.1 Å². The zero-order valence-electron chi connectivity index (χ0n) is 14.5. The van der Waals surface area contributed by atoms with Crippen LogP contribution in [0.2, 0.25) is 0 Å². The van der Waals surface area contributed by atoms with Crippen LogP contribution in [0.5, 0.6) is 0 Å². The van der Waals surface area contributed by atoms with Crippen molar-refractivity contribution in [3.63, 3.8) is 0 Å². The van der Waals surface area contributed by atoms with E-state index in [0.717, 1.165) is 12.8 Å². The molecule has 5 nitrogen and oxygen atoms in total. The quantitative estimate of drug-likeness (QED) is 0.464. The van der Waals surface area contributed by atoms with Gasteiger partial charge in [-0.25, -0.2) is 23.5 Å². The lowest BCUT2D eigenvalue weighted by atomic mass is 10.1. The summed E-state index contributed by atoms with van der Waals surface area (Å²) >= 11 is 0. The fourth-order valence-corrected chi connectivity index (χ4v) is 3.22. The summed E-state index contributed by atoms with van der Waals surface area (Å²) in [6, 6.07) is 0. The third kappa shape index (κ3) is 4.98. The molecule has 0 radical (unpaired) electrons. The molecule has 0 fully saturated rings. The molecular formula is C18H31N3O2. The lowest BCUT2D eigenvalue weighted by molar-refractivity contribution is 0.482. The highest BCUT2D eigenvalue weighted by atomic mass is 16.2. The van der Waals surface area contributed by atoms with E-state index in [2.05, 4.69) is 6.92 Å². The monoisotopic (exact) mass is 321 g/mol. The zero-order chi connectivity index (χ0) is 16.5. The smallest absolute Gasteiger partial charge is 0.246 e. The average molecular weight is 321 g/mol. The largest absolute Gasteiger partial charge is 0.347 e. The average Bonchev–Trinajstić information content (AvgIpc) is 2.81. The lowest BCUT2D eigenvalue weighted by Gasteiger charge is -2.08. The molecule has 0 N–H and O–H groups in total. The summed E-state index contributed by atoms with van der Waals surface area (Å²) in [7, 11) is 0. The number of allylic oxidation sites excluding steroid dienone is 2. The lowest BCUT2D eigenvalue weighted by Crippen LogP contribution is -2.28. The molecule has 0 bridgehead atoms. The van der Waals surface area contributed by atoms with Crippen LogP contribution in [0.4, 0.5) is 0 Å². The van der Waals surface area contributed by atoms with Gasteiger partial charge in [-0.15, -0.1) is 0 Å². The van der Waals surface area contributed by atoms with Gasteiger partial charge in [-0.05, 0) is 6.42 Å². The van der Waals surface area contributed by atoms with E-state index in [1.165, 1.54) is 55.9 Å². The van der Waals surface area contributed by atoms with Gasteiger partial charge in [0.25, 0.3) is 0 Å². The molecule has 1 aliphatic rings. The number of hydrogen-bond donors (Lipinski definition) is 0. The third-order valence-corrected chi connectivity index (χ3v) is 4.65. The molecule has 1 aliphatic heterocycles. The van der Waals surface area contributed by atoms with Crippen LogP contribution in [0.25, 0.3) is 0 Å². The first kappa shape index (κ1) is 17.8. The molecule has 0 unspecified atom stereocenters. The van der Waals surface area contributed by atoms with Crippen molar-refractivity contribution in [1.29, 1.82) is 0 Å². The van der Waals surface area contributed by atoms with Gasteiger partial charge in [0, 0.05) is 6.54 Å². The molecule has 0 saturated heterocycles. The topological polar surface area (TPSA) is 48.9 Å². The number of hydrogen-bond acceptors (Lipinski definition) is 2. The fraction of sp³-hybridized carbons (Fsp3) is 0.778. The summed E-state index contributed by atoms with van der Waals surface area (Å²) in [6.45, 7) is 3.83. The highest BCUT2D eigenvalue weighted by Crippen LogP contribution is 2.10. The molecular weight excluding hydrogens is 290 g/mol. The second-order valence-electron chi connectivity index (χ2n) is 6.53. The van der Waals surface area contributed by atoms with E-state index >= 15 is 0 Å². The Bertz CT molecular complexity index is 567. The zero-order valence-corrected chi connectivity index (χ0v) is 14.5. The summed E-state index contributed by atoms with van der Waals surface area (Å²) in [6.07, 6.45) is 16.4. The second-order valence-corrected chi connectivity index (χ2v) is 6.53. The number of fused-ring (bicyclic) bond motifs is 1. The number of rotatable bonds is 11. The Hall–Kier alpha value is -1.52. The minimum Gasteiger partial charge on any atom is -0.246 e. The van der Waals surface area contributed by atoms with Crippen molar-refractivity contribution < 1.29 is 0 Å². The van der Waals surface area contributed by atoms with Crippen LogP contribution in [-0.4, -0.2) is 13.9 Å². The first-order valence-corrected chi connectivity index (χ1v) is 9.31. The summed E-state index contributed by atoms with van der Waals surface area (Å²) in [5.41, 5.74) is -0.314.